The first kappa shape index (κ1) is 44.1. The number of hydrogen-bond acceptors (Lipinski definition) is 11. The van der Waals surface area contributed by atoms with Gasteiger partial charge in [0.1, 0.15) is 23.3 Å². The van der Waals surface area contributed by atoms with Gasteiger partial charge in [-0.25, -0.2) is 9.59 Å². The number of fused-ring (bicyclic) bond motifs is 6. The van der Waals surface area contributed by atoms with Gasteiger partial charge in [0.05, 0.1) is 34.4 Å². The summed E-state index contributed by atoms with van der Waals surface area (Å²) in [5, 5.41) is 30.0. The molecule has 63 heavy (non-hydrogen) atoms. The lowest BCUT2D eigenvalue weighted by molar-refractivity contribution is -0.122. The second kappa shape index (κ2) is 16.0. The summed E-state index contributed by atoms with van der Waals surface area (Å²) in [5.74, 6) is -1.01. The van der Waals surface area contributed by atoms with Crippen molar-refractivity contribution in [2.75, 3.05) is 35.6 Å². The maximum atomic E-state index is 12.6. The Morgan fingerprint density at radius 1 is 0.635 bits per heavy atom. The van der Waals surface area contributed by atoms with Crippen molar-refractivity contribution < 1.29 is 38.2 Å². The van der Waals surface area contributed by atoms with E-state index in [9.17, 15) is 34.0 Å². The van der Waals surface area contributed by atoms with E-state index in [-0.39, 0.29) is 49.7 Å². The molecule has 3 saturated heterocycles. The number of amides is 6. The molecule has 6 heterocycles. The van der Waals surface area contributed by atoms with Gasteiger partial charge in [0, 0.05) is 43.1 Å². The fourth-order valence-electron chi connectivity index (χ4n) is 9.31. The zero-order valence-corrected chi connectivity index (χ0v) is 36.0. The fraction of sp³-hybridized carbons (Fsp3) is 0.435. The Hall–Kier alpha value is -6.98. The first-order valence-corrected chi connectivity index (χ1v) is 20.7. The van der Waals surface area contributed by atoms with Gasteiger partial charge in [0.2, 0.25) is 23.6 Å². The summed E-state index contributed by atoms with van der Waals surface area (Å²) in [4.78, 5) is 76.7. The third kappa shape index (κ3) is 8.00. The molecule has 6 aliphatic heterocycles. The third-order valence-corrected chi connectivity index (χ3v) is 12.2. The van der Waals surface area contributed by atoms with Crippen LogP contribution in [-0.2, 0) is 44.9 Å². The van der Waals surface area contributed by atoms with Crippen LogP contribution < -0.4 is 27.0 Å². The van der Waals surface area contributed by atoms with Crippen molar-refractivity contribution in [2.45, 2.75) is 106 Å². The van der Waals surface area contributed by atoms with Crippen molar-refractivity contribution in [3.05, 3.63) is 89.5 Å². The van der Waals surface area contributed by atoms with Crippen LogP contribution in [-0.4, -0.2) is 94.6 Å². The molecule has 0 aliphatic carbocycles. The number of nitriles is 2. The van der Waals surface area contributed by atoms with Crippen LogP contribution >= 0.6 is 0 Å². The van der Waals surface area contributed by atoms with Crippen LogP contribution in [0, 0.1) is 22.7 Å². The topological polar surface area (TPSA) is 249 Å². The highest BCUT2D eigenvalue weighted by molar-refractivity contribution is 6.09. The first-order chi connectivity index (χ1) is 29.7. The van der Waals surface area contributed by atoms with Crippen molar-refractivity contribution in [1.82, 2.24) is 15.1 Å². The number of hydrogen-bond donors (Lipinski definition) is 5. The second-order valence-corrected chi connectivity index (χ2v) is 18.7. The molecule has 6 N–H and O–H groups in total. The SMILES string of the molecule is CC(C)(C)OC(=O)N1C[C@]2(C[C@H]1C#N)C(=O)Nc1ccccc12.CC(C)(C)OC(=O)N1C[C@]2(C[C@H]1C(N)=O)C(=O)Nc1ccccc12.N#C[C@@H]1C[C@@]2(CN1)C(=O)Nc1ccccc12. The number of nitrogens with two attached hydrogens (primary N) is 1. The van der Waals surface area contributed by atoms with E-state index in [4.69, 9.17) is 20.5 Å². The molecule has 6 atom stereocenters. The highest BCUT2D eigenvalue weighted by Crippen LogP contribution is 2.48. The predicted octanol–water partition coefficient (Wildman–Crippen LogP) is 4.54. The number of benzene rings is 3. The summed E-state index contributed by atoms with van der Waals surface area (Å²) in [7, 11) is 0. The Kier molecular flexibility index (Phi) is 11.2. The van der Waals surface area contributed by atoms with E-state index in [0.717, 1.165) is 28.1 Å². The molecule has 3 spiro atoms. The smallest absolute Gasteiger partial charge is 0.411 e. The van der Waals surface area contributed by atoms with Gasteiger partial charge in [0.15, 0.2) is 0 Å². The number of carbonyl (C=O) groups excluding carboxylic acids is 6. The summed E-state index contributed by atoms with van der Waals surface area (Å²) in [6.07, 6.45) is -0.194. The Morgan fingerprint density at radius 3 is 1.48 bits per heavy atom. The zero-order valence-electron chi connectivity index (χ0n) is 36.0. The monoisotopic (exact) mass is 857 g/mol. The lowest BCUT2D eigenvalue weighted by atomic mass is 9.79. The second-order valence-electron chi connectivity index (χ2n) is 18.7. The Morgan fingerprint density at radius 2 is 1.05 bits per heavy atom. The average molecular weight is 858 g/mol. The number of para-hydroxylation sites is 3. The zero-order chi connectivity index (χ0) is 45.7. The van der Waals surface area contributed by atoms with Crippen molar-refractivity contribution in [3.63, 3.8) is 0 Å². The summed E-state index contributed by atoms with van der Waals surface area (Å²) < 4.78 is 10.8. The van der Waals surface area contributed by atoms with Gasteiger partial charge < -0.3 is 36.5 Å². The Balaban J connectivity index is 0.000000144. The number of ether oxygens (including phenoxy) is 2. The molecule has 0 radical (unpaired) electrons. The van der Waals surface area contributed by atoms with Crippen LogP contribution in [0.15, 0.2) is 72.8 Å². The number of rotatable bonds is 1. The molecule has 328 valence electrons. The number of nitrogens with one attached hydrogen (secondary N) is 4. The van der Waals surface area contributed by atoms with E-state index in [2.05, 4.69) is 33.4 Å². The van der Waals surface area contributed by atoms with Gasteiger partial charge >= 0.3 is 12.2 Å². The minimum absolute atomic E-state index is 0.0129. The fourth-order valence-corrected chi connectivity index (χ4v) is 9.31. The lowest BCUT2D eigenvalue weighted by Gasteiger charge is -2.27. The van der Waals surface area contributed by atoms with E-state index < -0.39 is 57.6 Å². The van der Waals surface area contributed by atoms with Crippen LogP contribution in [0.4, 0.5) is 26.7 Å². The summed E-state index contributed by atoms with van der Waals surface area (Å²) in [5.41, 5.74) is 6.75. The van der Waals surface area contributed by atoms with Crippen molar-refractivity contribution in [3.8, 4) is 12.1 Å². The van der Waals surface area contributed by atoms with Crippen LogP contribution in [0.1, 0.15) is 77.5 Å². The summed E-state index contributed by atoms with van der Waals surface area (Å²) >= 11 is 0. The molecule has 0 bridgehead atoms. The minimum Gasteiger partial charge on any atom is -0.444 e. The highest BCUT2D eigenvalue weighted by atomic mass is 16.6. The van der Waals surface area contributed by atoms with E-state index in [0.29, 0.717) is 18.7 Å². The third-order valence-electron chi connectivity index (χ3n) is 12.2. The maximum absolute atomic E-state index is 12.6. The number of likely N-dealkylation sites (tertiary alicyclic amines) is 2. The number of anilines is 3. The summed E-state index contributed by atoms with van der Waals surface area (Å²) in [6, 6.07) is 24.9. The number of nitrogens with zero attached hydrogens (tertiary/aromatic N) is 4. The molecule has 6 amide bonds. The van der Waals surface area contributed by atoms with E-state index >= 15 is 0 Å². The van der Waals surface area contributed by atoms with Gasteiger partial charge in [0.25, 0.3) is 0 Å². The molecule has 0 aromatic heterocycles. The lowest BCUT2D eigenvalue weighted by Crippen LogP contribution is -2.46. The standard InChI is InChI=1S/C17H21N3O4.C17H19N3O3.C12H11N3O/c1-16(2,3)24-15(23)20-9-17(8-12(20)13(18)21)10-6-4-5-7-11(10)19-14(17)22;1-16(2,3)23-15(22)20-10-17(8-11(20)9-18)12-6-4-5-7-13(12)19-14(17)21;13-6-8-5-12(7-14-8)9-3-1-2-4-10(9)15-11(12)16/h4-7,12H,8-9H2,1-3H3,(H2,18,21)(H,19,22);4-7,11H,8,10H2,1-3H3,(H,19,21);1-4,8,14H,5,7H2,(H,15,16)/t12-,17-;11-,17-;8-,12-/m000/s1. The minimum atomic E-state index is -0.965. The van der Waals surface area contributed by atoms with E-state index in [1.54, 1.807) is 47.6 Å². The molecular weight excluding hydrogens is 807 g/mol. The molecule has 0 saturated carbocycles. The normalized spacial score (nSPS) is 27.1. The molecule has 17 heteroatoms. The van der Waals surface area contributed by atoms with Crippen molar-refractivity contribution in [2.24, 2.45) is 5.73 Å². The van der Waals surface area contributed by atoms with Crippen LogP contribution in [0.5, 0.6) is 0 Å². The quantitative estimate of drug-likeness (QED) is 0.227. The molecule has 17 nitrogen and oxygen atoms in total. The number of carbonyl (C=O) groups is 6. The first-order valence-electron chi connectivity index (χ1n) is 20.7. The molecule has 6 aliphatic rings. The van der Waals surface area contributed by atoms with E-state index in [1.807, 2.05) is 66.7 Å². The predicted molar refractivity (Wildman–Crippen MR) is 230 cm³/mol. The van der Waals surface area contributed by atoms with Crippen molar-refractivity contribution >= 4 is 52.9 Å². The Bertz CT molecular complexity index is 2480. The summed E-state index contributed by atoms with van der Waals surface area (Å²) in [6.45, 7) is 11.3. The molecular formula is C46H51N9O8. The van der Waals surface area contributed by atoms with Gasteiger partial charge in [-0.3, -0.25) is 29.0 Å². The van der Waals surface area contributed by atoms with Crippen LogP contribution in [0.25, 0.3) is 0 Å². The molecule has 0 unspecified atom stereocenters. The Labute approximate surface area is 365 Å². The molecule has 3 aromatic rings. The van der Waals surface area contributed by atoms with Gasteiger partial charge in [-0.2, -0.15) is 10.5 Å². The van der Waals surface area contributed by atoms with E-state index in [1.165, 1.54) is 9.80 Å². The molecule has 9 rings (SSSR count). The van der Waals surface area contributed by atoms with Gasteiger partial charge in [-0.05, 0) is 89.3 Å². The van der Waals surface area contributed by atoms with Crippen LogP contribution in [0.3, 0.4) is 0 Å². The largest absolute Gasteiger partial charge is 0.444 e. The highest BCUT2D eigenvalue weighted by Gasteiger charge is 2.59. The molecule has 3 aromatic carbocycles. The molecule has 3 fully saturated rings. The number of primary amides is 1. The van der Waals surface area contributed by atoms with Gasteiger partial charge in [-0.1, -0.05) is 54.6 Å². The average Bonchev–Trinajstić information content (AvgIpc) is 4.07. The van der Waals surface area contributed by atoms with Gasteiger partial charge in [-0.15, -0.1) is 0 Å². The van der Waals surface area contributed by atoms with Crippen LogP contribution in [0.2, 0.25) is 0 Å². The maximum Gasteiger partial charge on any atom is 0.411 e. The van der Waals surface area contributed by atoms with Crippen molar-refractivity contribution in [1.29, 1.82) is 10.5 Å².